The minimum Gasteiger partial charge on any atom is -0.323 e. The molecule has 1 aliphatic rings. The molecular weight excluding hydrogens is 294 g/mol. The van der Waals surface area contributed by atoms with Gasteiger partial charge in [0, 0.05) is 11.6 Å². The first kappa shape index (κ1) is 13.1. The summed E-state index contributed by atoms with van der Waals surface area (Å²) in [4.78, 5) is 29.6. The molecule has 0 radical (unpaired) electrons. The number of rotatable bonds is 3. The summed E-state index contributed by atoms with van der Waals surface area (Å²) in [5, 5.41) is 4.64. The molecule has 1 aromatic carbocycles. The van der Waals surface area contributed by atoms with Crippen LogP contribution in [0.5, 0.6) is 0 Å². The van der Waals surface area contributed by atoms with Crippen LogP contribution in [0.15, 0.2) is 40.2 Å². The molecule has 0 atom stereocenters. The molecule has 1 aliphatic heterocycles. The minimum atomic E-state index is -0.170. The van der Waals surface area contributed by atoms with Crippen molar-refractivity contribution in [2.45, 2.75) is 4.34 Å². The SMILES string of the molecule is O=C1CN(C(=O)CSc2nccs2)c2ccccc2N1. The smallest absolute Gasteiger partial charge is 0.244 e. The molecule has 0 saturated heterocycles. The Morgan fingerprint density at radius 1 is 1.45 bits per heavy atom. The Labute approximate surface area is 124 Å². The molecule has 3 rings (SSSR count). The molecule has 102 valence electrons. The van der Waals surface area contributed by atoms with E-state index in [2.05, 4.69) is 10.3 Å². The highest BCUT2D eigenvalue weighted by Gasteiger charge is 2.26. The fourth-order valence-electron chi connectivity index (χ4n) is 1.94. The Bertz CT molecular complexity index is 643. The van der Waals surface area contributed by atoms with E-state index in [4.69, 9.17) is 0 Å². The lowest BCUT2D eigenvalue weighted by atomic mass is 10.2. The third kappa shape index (κ3) is 2.68. The number of hydrogen-bond acceptors (Lipinski definition) is 5. The molecule has 1 N–H and O–H groups in total. The van der Waals surface area contributed by atoms with Crippen LogP contribution in [0.25, 0.3) is 0 Å². The zero-order valence-electron chi connectivity index (χ0n) is 10.4. The molecule has 0 bridgehead atoms. The second-order valence-corrected chi connectivity index (χ2v) is 6.25. The number of anilines is 2. The van der Waals surface area contributed by atoms with Gasteiger partial charge in [0.1, 0.15) is 10.9 Å². The Balaban J connectivity index is 1.76. The van der Waals surface area contributed by atoms with Crippen molar-refractivity contribution >= 4 is 46.3 Å². The van der Waals surface area contributed by atoms with E-state index < -0.39 is 0 Å². The maximum absolute atomic E-state index is 12.3. The average molecular weight is 305 g/mol. The van der Waals surface area contributed by atoms with E-state index in [0.29, 0.717) is 5.69 Å². The fourth-order valence-corrected chi connectivity index (χ4v) is 3.45. The van der Waals surface area contributed by atoms with Gasteiger partial charge in [0.15, 0.2) is 0 Å². The summed E-state index contributed by atoms with van der Waals surface area (Å²) >= 11 is 2.89. The zero-order chi connectivity index (χ0) is 13.9. The number of aromatic nitrogens is 1. The van der Waals surface area contributed by atoms with Crippen LogP contribution in [-0.4, -0.2) is 29.1 Å². The van der Waals surface area contributed by atoms with Gasteiger partial charge in [-0.1, -0.05) is 23.9 Å². The Morgan fingerprint density at radius 2 is 2.30 bits per heavy atom. The third-order valence-corrected chi connectivity index (χ3v) is 4.75. The van der Waals surface area contributed by atoms with Crippen LogP contribution < -0.4 is 10.2 Å². The summed E-state index contributed by atoms with van der Waals surface area (Å²) in [7, 11) is 0. The van der Waals surface area contributed by atoms with E-state index in [-0.39, 0.29) is 24.1 Å². The van der Waals surface area contributed by atoms with Crippen molar-refractivity contribution in [1.29, 1.82) is 0 Å². The van der Waals surface area contributed by atoms with E-state index in [1.54, 1.807) is 12.3 Å². The van der Waals surface area contributed by atoms with E-state index >= 15 is 0 Å². The second-order valence-electron chi connectivity index (χ2n) is 4.13. The van der Waals surface area contributed by atoms with Gasteiger partial charge in [0.05, 0.1) is 17.1 Å². The van der Waals surface area contributed by atoms with Crippen molar-refractivity contribution in [3.63, 3.8) is 0 Å². The molecule has 0 aliphatic carbocycles. The van der Waals surface area contributed by atoms with Gasteiger partial charge in [0.25, 0.3) is 0 Å². The maximum Gasteiger partial charge on any atom is 0.244 e. The first-order chi connectivity index (χ1) is 9.74. The van der Waals surface area contributed by atoms with Crippen LogP contribution in [0, 0.1) is 0 Å². The highest BCUT2D eigenvalue weighted by atomic mass is 32.2. The van der Waals surface area contributed by atoms with Crippen LogP contribution in [-0.2, 0) is 9.59 Å². The van der Waals surface area contributed by atoms with Crippen molar-refractivity contribution in [3.8, 4) is 0 Å². The average Bonchev–Trinajstić information content (AvgIpc) is 2.97. The van der Waals surface area contributed by atoms with E-state index in [0.717, 1.165) is 10.0 Å². The number of fused-ring (bicyclic) bond motifs is 1. The van der Waals surface area contributed by atoms with Crippen LogP contribution in [0.2, 0.25) is 0 Å². The van der Waals surface area contributed by atoms with Crippen molar-refractivity contribution in [2.24, 2.45) is 0 Å². The molecule has 5 nitrogen and oxygen atoms in total. The summed E-state index contributed by atoms with van der Waals surface area (Å²) in [6.07, 6.45) is 1.71. The quantitative estimate of drug-likeness (QED) is 0.883. The van der Waals surface area contributed by atoms with Gasteiger partial charge >= 0.3 is 0 Å². The number of thioether (sulfide) groups is 1. The standard InChI is InChI=1S/C13H11N3O2S2/c17-11-7-16(10-4-2-1-3-9(10)15-11)12(18)8-20-13-14-5-6-19-13/h1-6H,7-8H2,(H,15,17). The van der Waals surface area contributed by atoms with Crippen molar-refractivity contribution < 1.29 is 9.59 Å². The molecule has 2 aromatic rings. The molecule has 2 heterocycles. The fraction of sp³-hybridized carbons (Fsp3) is 0.154. The zero-order valence-corrected chi connectivity index (χ0v) is 12.0. The minimum absolute atomic E-state index is 0.0638. The summed E-state index contributed by atoms with van der Waals surface area (Å²) in [5.41, 5.74) is 1.42. The molecule has 0 unspecified atom stereocenters. The lowest BCUT2D eigenvalue weighted by molar-refractivity contribution is -0.120. The van der Waals surface area contributed by atoms with Gasteiger partial charge in [-0.2, -0.15) is 0 Å². The number of nitrogens with zero attached hydrogens (tertiary/aromatic N) is 2. The number of para-hydroxylation sites is 2. The van der Waals surface area contributed by atoms with Crippen LogP contribution in [0.4, 0.5) is 11.4 Å². The molecular formula is C13H11N3O2S2. The second kappa shape index (κ2) is 5.64. The first-order valence-corrected chi connectivity index (χ1v) is 7.82. The molecule has 20 heavy (non-hydrogen) atoms. The number of carbonyl (C=O) groups excluding carboxylic acids is 2. The summed E-state index contributed by atoms with van der Waals surface area (Å²) in [5.74, 6) is 0.0126. The van der Waals surface area contributed by atoms with Crippen LogP contribution >= 0.6 is 23.1 Å². The molecule has 1 aromatic heterocycles. The number of hydrogen-bond donors (Lipinski definition) is 1. The van der Waals surface area contributed by atoms with Crippen LogP contribution in [0.1, 0.15) is 0 Å². The number of thiazole rings is 1. The van der Waals surface area contributed by atoms with Gasteiger partial charge < -0.3 is 10.2 Å². The highest BCUT2D eigenvalue weighted by Crippen LogP contribution is 2.30. The highest BCUT2D eigenvalue weighted by molar-refractivity contribution is 8.01. The lowest BCUT2D eigenvalue weighted by Gasteiger charge is -2.28. The van der Waals surface area contributed by atoms with Crippen molar-refractivity contribution in [2.75, 3.05) is 22.5 Å². The number of benzene rings is 1. The van der Waals surface area contributed by atoms with Gasteiger partial charge in [-0.05, 0) is 12.1 Å². The Kier molecular flexibility index (Phi) is 3.70. The lowest BCUT2D eigenvalue weighted by Crippen LogP contribution is -2.43. The molecule has 7 heteroatoms. The molecule has 0 spiro atoms. The first-order valence-electron chi connectivity index (χ1n) is 5.95. The molecule has 0 saturated carbocycles. The summed E-state index contributed by atoms with van der Waals surface area (Å²) in [6, 6.07) is 7.31. The molecule has 2 amide bonds. The number of nitrogens with one attached hydrogen (secondary N) is 1. The van der Waals surface area contributed by atoms with Gasteiger partial charge in [0.2, 0.25) is 11.8 Å². The topological polar surface area (TPSA) is 62.3 Å². The maximum atomic E-state index is 12.3. The monoisotopic (exact) mass is 305 g/mol. The normalized spacial score (nSPS) is 13.8. The van der Waals surface area contributed by atoms with Gasteiger partial charge in [-0.15, -0.1) is 11.3 Å². The number of amides is 2. The predicted molar refractivity (Wildman–Crippen MR) is 80.3 cm³/mol. The van der Waals surface area contributed by atoms with E-state index in [1.807, 2.05) is 23.6 Å². The predicted octanol–water partition coefficient (Wildman–Crippen LogP) is 2.22. The number of carbonyl (C=O) groups is 2. The van der Waals surface area contributed by atoms with Crippen LogP contribution in [0.3, 0.4) is 0 Å². The summed E-state index contributed by atoms with van der Waals surface area (Å²) in [6.45, 7) is 0.0638. The van der Waals surface area contributed by atoms with E-state index in [1.165, 1.54) is 28.0 Å². The van der Waals surface area contributed by atoms with Crippen molar-refractivity contribution in [3.05, 3.63) is 35.8 Å². The van der Waals surface area contributed by atoms with E-state index in [9.17, 15) is 9.59 Å². The van der Waals surface area contributed by atoms with Gasteiger partial charge in [-0.25, -0.2) is 4.98 Å². The van der Waals surface area contributed by atoms with Gasteiger partial charge in [-0.3, -0.25) is 9.59 Å². The summed E-state index contributed by atoms with van der Waals surface area (Å²) < 4.78 is 0.855. The molecule has 0 fully saturated rings. The third-order valence-electron chi connectivity index (χ3n) is 2.80. The Hall–Kier alpha value is -1.86. The van der Waals surface area contributed by atoms with Crippen molar-refractivity contribution in [1.82, 2.24) is 4.98 Å². The largest absolute Gasteiger partial charge is 0.323 e. The Morgan fingerprint density at radius 3 is 3.10 bits per heavy atom.